The summed E-state index contributed by atoms with van der Waals surface area (Å²) in [6.07, 6.45) is 0. The third-order valence-electron chi connectivity index (χ3n) is 4.40. The van der Waals surface area contributed by atoms with Crippen molar-refractivity contribution in [3.8, 4) is 17.1 Å². The molecule has 0 saturated heterocycles. The number of aromatic nitrogens is 3. The monoisotopic (exact) mass is 368 g/mol. The first-order chi connectivity index (χ1) is 13.6. The van der Waals surface area contributed by atoms with Crippen LogP contribution in [0.5, 0.6) is 0 Å². The van der Waals surface area contributed by atoms with E-state index < -0.39 is 0 Å². The highest BCUT2D eigenvalue weighted by Gasteiger charge is 2.19. The van der Waals surface area contributed by atoms with Gasteiger partial charge in [0.05, 0.1) is 5.69 Å². The molecule has 1 heterocycles. The molecule has 4 aromatic rings. The van der Waals surface area contributed by atoms with Gasteiger partial charge in [0, 0.05) is 11.3 Å². The van der Waals surface area contributed by atoms with Crippen LogP contribution in [0.4, 0.5) is 5.69 Å². The van der Waals surface area contributed by atoms with E-state index in [2.05, 4.69) is 15.4 Å². The van der Waals surface area contributed by atoms with Crippen LogP contribution in [0.15, 0.2) is 78.9 Å². The topological polar surface area (TPSA) is 59.8 Å². The number of hydrogen-bond acceptors (Lipinski definition) is 3. The molecule has 5 heteroatoms. The Morgan fingerprint density at radius 3 is 2.32 bits per heavy atom. The van der Waals surface area contributed by atoms with Crippen molar-refractivity contribution < 1.29 is 4.79 Å². The van der Waals surface area contributed by atoms with Crippen LogP contribution in [-0.2, 0) is 0 Å². The fourth-order valence-corrected chi connectivity index (χ4v) is 2.95. The summed E-state index contributed by atoms with van der Waals surface area (Å²) in [4.78, 5) is 17.3. The molecular formula is C23H20N4O. The number of rotatable bonds is 4. The molecule has 0 spiro atoms. The Morgan fingerprint density at radius 2 is 1.61 bits per heavy atom. The van der Waals surface area contributed by atoms with Gasteiger partial charge in [-0.15, -0.1) is 5.10 Å². The highest BCUT2D eigenvalue weighted by molar-refractivity contribution is 6.01. The summed E-state index contributed by atoms with van der Waals surface area (Å²) >= 11 is 0. The van der Waals surface area contributed by atoms with Crippen LogP contribution >= 0.6 is 0 Å². The molecule has 0 radical (unpaired) electrons. The van der Waals surface area contributed by atoms with E-state index in [0.29, 0.717) is 11.5 Å². The molecule has 5 nitrogen and oxygen atoms in total. The van der Waals surface area contributed by atoms with E-state index in [1.54, 1.807) is 4.68 Å². The van der Waals surface area contributed by atoms with Gasteiger partial charge >= 0.3 is 0 Å². The number of carbonyl (C=O) groups is 1. The third-order valence-corrected chi connectivity index (χ3v) is 4.40. The SMILES string of the molecule is Cc1ccc(-n2nc(C(=O)Nc3ccccc3)nc2-c2cccc(C)c2)cc1. The molecule has 28 heavy (non-hydrogen) atoms. The molecule has 1 N–H and O–H groups in total. The zero-order valence-electron chi connectivity index (χ0n) is 15.8. The van der Waals surface area contributed by atoms with Gasteiger partial charge in [-0.05, 0) is 44.2 Å². The van der Waals surface area contributed by atoms with Gasteiger partial charge in [0.1, 0.15) is 0 Å². The Morgan fingerprint density at radius 1 is 0.857 bits per heavy atom. The summed E-state index contributed by atoms with van der Waals surface area (Å²) in [5, 5.41) is 7.35. The van der Waals surface area contributed by atoms with Crippen LogP contribution < -0.4 is 5.32 Å². The molecule has 0 fully saturated rings. The Balaban J connectivity index is 1.77. The van der Waals surface area contributed by atoms with Crippen LogP contribution in [0, 0.1) is 13.8 Å². The van der Waals surface area contributed by atoms with Gasteiger partial charge in [-0.1, -0.05) is 59.7 Å². The first kappa shape index (κ1) is 17.7. The number of hydrogen-bond donors (Lipinski definition) is 1. The maximum atomic E-state index is 12.7. The minimum Gasteiger partial charge on any atom is -0.319 e. The fourth-order valence-electron chi connectivity index (χ4n) is 2.95. The van der Waals surface area contributed by atoms with E-state index in [0.717, 1.165) is 22.4 Å². The van der Waals surface area contributed by atoms with Crippen LogP contribution in [-0.4, -0.2) is 20.7 Å². The average Bonchev–Trinajstić information content (AvgIpc) is 3.15. The summed E-state index contributed by atoms with van der Waals surface area (Å²) in [6, 6.07) is 25.3. The standard InChI is InChI=1S/C23H20N4O/c1-16-11-13-20(14-12-16)27-22(18-8-6-7-17(2)15-18)25-21(26-27)23(28)24-19-9-4-3-5-10-19/h3-15H,1-2H3,(H,24,28). The first-order valence-electron chi connectivity index (χ1n) is 9.08. The molecular weight excluding hydrogens is 348 g/mol. The van der Waals surface area contributed by atoms with Gasteiger partial charge in [0.2, 0.25) is 5.82 Å². The fraction of sp³-hybridized carbons (Fsp3) is 0.0870. The molecule has 1 aromatic heterocycles. The number of benzene rings is 3. The molecule has 0 saturated carbocycles. The lowest BCUT2D eigenvalue weighted by Crippen LogP contribution is -2.14. The van der Waals surface area contributed by atoms with E-state index in [-0.39, 0.29) is 11.7 Å². The van der Waals surface area contributed by atoms with Gasteiger partial charge in [0.15, 0.2) is 5.82 Å². The predicted octanol–water partition coefficient (Wildman–Crippen LogP) is 4.80. The van der Waals surface area contributed by atoms with Crippen LogP contribution in [0.2, 0.25) is 0 Å². The molecule has 0 aliphatic rings. The number of amides is 1. The van der Waals surface area contributed by atoms with Crippen molar-refractivity contribution in [2.75, 3.05) is 5.32 Å². The van der Waals surface area contributed by atoms with E-state index in [1.807, 2.05) is 92.7 Å². The minimum atomic E-state index is -0.342. The first-order valence-corrected chi connectivity index (χ1v) is 9.08. The molecule has 4 rings (SSSR count). The number of carbonyl (C=O) groups excluding carboxylic acids is 1. The minimum absolute atomic E-state index is 0.126. The second-order valence-corrected chi connectivity index (χ2v) is 6.70. The van der Waals surface area contributed by atoms with Crippen molar-refractivity contribution in [2.45, 2.75) is 13.8 Å². The van der Waals surface area contributed by atoms with Crippen LogP contribution in [0.3, 0.4) is 0 Å². The summed E-state index contributed by atoms with van der Waals surface area (Å²) in [5.74, 6) is 0.415. The van der Waals surface area contributed by atoms with Gasteiger partial charge in [-0.2, -0.15) is 0 Å². The number of nitrogens with zero attached hydrogens (tertiary/aromatic N) is 3. The quantitative estimate of drug-likeness (QED) is 0.563. The summed E-state index contributed by atoms with van der Waals surface area (Å²) < 4.78 is 1.72. The van der Waals surface area contributed by atoms with Gasteiger partial charge in [-0.3, -0.25) is 4.79 Å². The van der Waals surface area contributed by atoms with Crippen LogP contribution in [0.25, 0.3) is 17.1 Å². The molecule has 1 amide bonds. The second-order valence-electron chi connectivity index (χ2n) is 6.70. The second kappa shape index (κ2) is 7.48. The highest BCUT2D eigenvalue weighted by atomic mass is 16.2. The van der Waals surface area contributed by atoms with Crippen molar-refractivity contribution in [2.24, 2.45) is 0 Å². The third kappa shape index (κ3) is 3.69. The zero-order chi connectivity index (χ0) is 19.5. The van der Waals surface area contributed by atoms with Crippen molar-refractivity contribution in [3.05, 3.63) is 95.8 Å². The maximum Gasteiger partial charge on any atom is 0.295 e. The number of para-hydroxylation sites is 1. The smallest absolute Gasteiger partial charge is 0.295 e. The Bertz CT molecular complexity index is 1120. The van der Waals surface area contributed by atoms with Crippen molar-refractivity contribution >= 4 is 11.6 Å². The Hall–Kier alpha value is -3.73. The lowest BCUT2D eigenvalue weighted by Gasteiger charge is -2.07. The van der Waals surface area contributed by atoms with Crippen LogP contribution in [0.1, 0.15) is 21.7 Å². The number of anilines is 1. The van der Waals surface area contributed by atoms with Gasteiger partial charge in [-0.25, -0.2) is 9.67 Å². The van der Waals surface area contributed by atoms with Gasteiger partial charge < -0.3 is 5.32 Å². The molecule has 0 bridgehead atoms. The van der Waals surface area contributed by atoms with Crippen molar-refractivity contribution in [3.63, 3.8) is 0 Å². The van der Waals surface area contributed by atoms with Gasteiger partial charge in [0.25, 0.3) is 5.91 Å². The summed E-state index contributed by atoms with van der Waals surface area (Å²) in [6.45, 7) is 4.06. The van der Waals surface area contributed by atoms with E-state index in [4.69, 9.17) is 0 Å². The maximum absolute atomic E-state index is 12.7. The Labute approximate surface area is 163 Å². The Kier molecular flexibility index (Phi) is 4.72. The summed E-state index contributed by atoms with van der Waals surface area (Å²) in [5.41, 5.74) is 4.74. The lowest BCUT2D eigenvalue weighted by atomic mass is 10.1. The highest BCUT2D eigenvalue weighted by Crippen LogP contribution is 2.23. The predicted molar refractivity (Wildman–Crippen MR) is 111 cm³/mol. The van der Waals surface area contributed by atoms with E-state index in [1.165, 1.54) is 0 Å². The zero-order valence-corrected chi connectivity index (χ0v) is 15.8. The molecule has 0 aliphatic carbocycles. The van der Waals surface area contributed by atoms with E-state index >= 15 is 0 Å². The largest absolute Gasteiger partial charge is 0.319 e. The lowest BCUT2D eigenvalue weighted by molar-refractivity contribution is 0.101. The molecule has 3 aromatic carbocycles. The summed E-state index contributed by atoms with van der Waals surface area (Å²) in [7, 11) is 0. The molecule has 0 atom stereocenters. The molecule has 0 aliphatic heterocycles. The number of nitrogens with one attached hydrogen (secondary N) is 1. The molecule has 138 valence electrons. The molecule has 0 unspecified atom stereocenters. The average molecular weight is 368 g/mol. The number of aryl methyl sites for hydroxylation is 2. The van der Waals surface area contributed by atoms with Crippen molar-refractivity contribution in [1.82, 2.24) is 14.8 Å². The van der Waals surface area contributed by atoms with E-state index in [9.17, 15) is 4.79 Å². The van der Waals surface area contributed by atoms with Crippen molar-refractivity contribution in [1.29, 1.82) is 0 Å². The normalized spacial score (nSPS) is 10.6.